The van der Waals surface area contributed by atoms with Crippen LogP contribution in [0.25, 0.3) is 0 Å². The number of hydrogen-bond acceptors (Lipinski definition) is 3. The molecule has 68 valence electrons. The fourth-order valence-corrected chi connectivity index (χ4v) is 0.962. The van der Waals surface area contributed by atoms with Crippen molar-refractivity contribution in [1.82, 2.24) is 10.4 Å². The van der Waals surface area contributed by atoms with E-state index in [9.17, 15) is 13.6 Å². The van der Waals surface area contributed by atoms with Gasteiger partial charge in [0.25, 0.3) is 6.43 Å². The minimum atomic E-state index is -2.85. The summed E-state index contributed by atoms with van der Waals surface area (Å²) >= 11 is 0. The Morgan fingerprint density at radius 2 is 2.33 bits per heavy atom. The molecule has 0 aliphatic carbocycles. The molecule has 0 saturated heterocycles. The van der Waals surface area contributed by atoms with Crippen LogP contribution in [0.2, 0.25) is 0 Å². The third-order valence-corrected chi connectivity index (χ3v) is 1.67. The molecule has 0 aromatic rings. The number of hydrazine groups is 1. The molecule has 0 aromatic carbocycles. The minimum Gasteiger partial charge on any atom is -0.368 e. The van der Waals surface area contributed by atoms with Crippen molar-refractivity contribution in [3.05, 3.63) is 12.3 Å². The van der Waals surface area contributed by atoms with Gasteiger partial charge in [-0.15, -0.1) is 0 Å². The summed E-state index contributed by atoms with van der Waals surface area (Å²) in [6, 6.07) is 0. The van der Waals surface area contributed by atoms with Gasteiger partial charge in [0, 0.05) is 13.2 Å². The lowest BCUT2D eigenvalue weighted by Gasteiger charge is -2.25. The zero-order chi connectivity index (χ0) is 9.35. The van der Waals surface area contributed by atoms with Gasteiger partial charge in [0.05, 0.1) is 0 Å². The van der Waals surface area contributed by atoms with Gasteiger partial charge in [0.1, 0.15) is 0 Å². The van der Waals surface area contributed by atoms with Crippen LogP contribution in [0.5, 0.6) is 0 Å². The van der Waals surface area contributed by atoms with Crippen LogP contribution >= 0.6 is 0 Å². The van der Waals surface area contributed by atoms with Crippen LogP contribution in [-0.4, -0.2) is 29.9 Å². The van der Waals surface area contributed by atoms with Gasteiger partial charge in [0.2, 0.25) is 5.91 Å². The van der Waals surface area contributed by atoms with E-state index >= 15 is 0 Å². The van der Waals surface area contributed by atoms with Gasteiger partial charge < -0.3 is 10.7 Å². The summed E-state index contributed by atoms with van der Waals surface area (Å²) in [4.78, 5) is 10.7. The van der Waals surface area contributed by atoms with Crippen LogP contribution in [-0.2, 0) is 4.79 Å². The maximum absolute atomic E-state index is 12.4. The Bertz CT molecular complexity index is 231. The van der Waals surface area contributed by atoms with Crippen molar-refractivity contribution in [3.8, 4) is 0 Å². The van der Waals surface area contributed by atoms with Crippen molar-refractivity contribution < 1.29 is 13.6 Å². The number of hydrogen-bond donors (Lipinski definition) is 2. The second kappa shape index (κ2) is 2.71. The summed E-state index contributed by atoms with van der Waals surface area (Å²) in [7, 11) is 1.50. The Kier molecular flexibility index (Phi) is 2.01. The topological polar surface area (TPSA) is 58.4 Å². The van der Waals surface area contributed by atoms with Crippen LogP contribution < -0.4 is 11.2 Å². The Morgan fingerprint density at radius 1 is 1.75 bits per heavy atom. The molecule has 0 spiro atoms. The first-order chi connectivity index (χ1) is 5.49. The van der Waals surface area contributed by atoms with E-state index in [1.54, 1.807) is 0 Å². The van der Waals surface area contributed by atoms with Gasteiger partial charge in [-0.2, -0.15) is 0 Å². The van der Waals surface area contributed by atoms with Gasteiger partial charge in [-0.3, -0.25) is 4.79 Å². The molecule has 1 unspecified atom stereocenters. The average Bonchev–Trinajstić information content (AvgIpc) is 2.32. The van der Waals surface area contributed by atoms with E-state index in [2.05, 4.69) is 5.43 Å². The summed E-state index contributed by atoms with van der Waals surface area (Å²) in [6.45, 7) is 0. The number of rotatable bonds is 2. The summed E-state index contributed by atoms with van der Waals surface area (Å²) in [5.41, 5.74) is 5.07. The molecule has 4 nitrogen and oxygen atoms in total. The van der Waals surface area contributed by atoms with Gasteiger partial charge in [-0.1, -0.05) is 0 Å². The van der Waals surface area contributed by atoms with Gasteiger partial charge >= 0.3 is 0 Å². The minimum absolute atomic E-state index is 1.06. The summed E-state index contributed by atoms with van der Waals surface area (Å²) in [5, 5.41) is 1.26. The number of nitrogens with one attached hydrogen (secondary N) is 1. The van der Waals surface area contributed by atoms with Crippen LogP contribution in [0.4, 0.5) is 8.78 Å². The molecule has 1 amide bonds. The predicted octanol–water partition coefficient (Wildman–Crippen LogP) is -0.561. The van der Waals surface area contributed by atoms with E-state index in [1.807, 2.05) is 0 Å². The van der Waals surface area contributed by atoms with E-state index in [1.165, 1.54) is 18.3 Å². The molecule has 0 fully saturated rings. The Labute approximate surface area is 68.0 Å². The molecule has 1 aliphatic heterocycles. The molecular formula is C6H9F2N3O. The molecule has 1 rings (SSSR count). The largest absolute Gasteiger partial charge is 0.368 e. The number of carbonyl (C=O) groups excluding carboxylic acids is 1. The van der Waals surface area contributed by atoms with Crippen molar-refractivity contribution in [3.63, 3.8) is 0 Å². The predicted molar refractivity (Wildman–Crippen MR) is 38.0 cm³/mol. The van der Waals surface area contributed by atoms with E-state index < -0.39 is 17.9 Å². The molecule has 6 heteroatoms. The lowest BCUT2D eigenvalue weighted by Crippen LogP contribution is -2.59. The molecule has 12 heavy (non-hydrogen) atoms. The smallest absolute Gasteiger partial charge is 0.270 e. The third kappa shape index (κ3) is 1.14. The zero-order valence-electron chi connectivity index (χ0n) is 6.42. The Hall–Kier alpha value is -1.17. The highest BCUT2D eigenvalue weighted by Gasteiger charge is 2.47. The SMILES string of the molecule is CN1C=CC(C(N)=O)(C(F)F)N1. The first-order valence-electron chi connectivity index (χ1n) is 3.27. The van der Waals surface area contributed by atoms with Gasteiger partial charge in [-0.25, -0.2) is 14.2 Å². The Balaban J connectivity index is 2.91. The number of primary amides is 1. The Morgan fingerprint density at radius 3 is 2.50 bits per heavy atom. The normalized spacial score (nSPS) is 28.5. The van der Waals surface area contributed by atoms with E-state index in [-0.39, 0.29) is 0 Å². The van der Waals surface area contributed by atoms with E-state index in [4.69, 9.17) is 5.73 Å². The number of halogens is 2. The molecule has 1 heterocycles. The van der Waals surface area contributed by atoms with Crippen molar-refractivity contribution in [2.75, 3.05) is 7.05 Å². The van der Waals surface area contributed by atoms with Crippen LogP contribution in [0.15, 0.2) is 12.3 Å². The average molecular weight is 177 g/mol. The summed E-state index contributed by atoms with van der Waals surface area (Å²) in [6.07, 6.45) is -0.465. The maximum atomic E-state index is 12.4. The molecule has 0 radical (unpaired) electrons. The highest BCUT2D eigenvalue weighted by atomic mass is 19.3. The maximum Gasteiger partial charge on any atom is 0.270 e. The number of alkyl halides is 2. The second-order valence-electron chi connectivity index (χ2n) is 2.57. The fourth-order valence-electron chi connectivity index (χ4n) is 0.962. The number of carbonyl (C=O) groups is 1. The standard InChI is InChI=1S/C6H9F2N3O/c1-11-3-2-6(10-11,4(7)8)5(9)12/h2-4,10H,1H3,(H2,9,12). The van der Waals surface area contributed by atoms with Crippen molar-refractivity contribution >= 4 is 5.91 Å². The first-order valence-corrected chi connectivity index (χ1v) is 3.27. The molecular weight excluding hydrogens is 168 g/mol. The van der Waals surface area contributed by atoms with E-state index in [0.717, 1.165) is 6.08 Å². The number of amides is 1. The van der Waals surface area contributed by atoms with Crippen LogP contribution in [0, 0.1) is 0 Å². The molecule has 0 saturated carbocycles. The van der Waals surface area contributed by atoms with Crippen LogP contribution in [0.1, 0.15) is 0 Å². The number of nitrogens with zero attached hydrogens (tertiary/aromatic N) is 1. The molecule has 1 aliphatic rings. The van der Waals surface area contributed by atoms with Gasteiger partial charge in [-0.05, 0) is 6.08 Å². The lowest BCUT2D eigenvalue weighted by molar-refractivity contribution is -0.129. The zero-order valence-corrected chi connectivity index (χ0v) is 6.42. The molecule has 3 N–H and O–H groups in total. The monoisotopic (exact) mass is 177 g/mol. The molecule has 1 atom stereocenters. The number of nitrogens with two attached hydrogens (primary N) is 1. The lowest BCUT2D eigenvalue weighted by atomic mass is 10.0. The summed E-state index contributed by atoms with van der Waals surface area (Å²) in [5.74, 6) is -1.09. The van der Waals surface area contributed by atoms with Crippen molar-refractivity contribution in [2.24, 2.45) is 5.73 Å². The first kappa shape index (κ1) is 8.92. The quantitative estimate of drug-likeness (QED) is 0.594. The van der Waals surface area contributed by atoms with Crippen molar-refractivity contribution in [1.29, 1.82) is 0 Å². The third-order valence-electron chi connectivity index (χ3n) is 1.67. The second-order valence-corrected chi connectivity index (χ2v) is 2.57. The molecule has 0 bridgehead atoms. The fraction of sp³-hybridized carbons (Fsp3) is 0.500. The molecule has 0 aromatic heterocycles. The summed E-state index contributed by atoms with van der Waals surface area (Å²) < 4.78 is 24.8. The van der Waals surface area contributed by atoms with Crippen molar-refractivity contribution in [2.45, 2.75) is 12.0 Å². The highest BCUT2D eigenvalue weighted by molar-refractivity contribution is 5.88. The van der Waals surface area contributed by atoms with Gasteiger partial charge in [0.15, 0.2) is 5.54 Å². The van der Waals surface area contributed by atoms with E-state index in [0.29, 0.717) is 0 Å². The highest BCUT2D eigenvalue weighted by Crippen LogP contribution is 2.21. The van der Waals surface area contributed by atoms with Crippen LogP contribution in [0.3, 0.4) is 0 Å².